The number of para-hydroxylation sites is 1. The van der Waals surface area contributed by atoms with E-state index in [9.17, 15) is 35.4 Å². The van der Waals surface area contributed by atoms with Gasteiger partial charge in [-0.05, 0) is 12.1 Å². The van der Waals surface area contributed by atoms with Crippen LogP contribution in [-0.4, -0.2) is 77.7 Å². The molecule has 0 bridgehead atoms. The number of nitrogens with one attached hydrogen (secondary N) is 1. The first-order valence-electron chi connectivity index (χ1n) is 7.65. The van der Waals surface area contributed by atoms with E-state index in [1.54, 1.807) is 24.3 Å². The number of hydrogen-bond donors (Lipinski definition) is 7. The number of carbonyl (C=O) groups excluding carboxylic acids is 1. The quantitative estimate of drug-likeness (QED) is 0.312. The Kier molecular flexibility index (Phi) is 4.54. The Bertz CT molecular complexity index is 758. The molecule has 0 radical (unpaired) electrons. The fraction of sp³-hybridized carbons (Fsp3) is 0.438. The molecule has 0 spiro atoms. The lowest BCUT2D eigenvalue weighted by Crippen LogP contribution is -2.71. The van der Waals surface area contributed by atoms with E-state index in [-0.39, 0.29) is 5.75 Å². The normalized spacial score (nSPS) is 35.7. The van der Waals surface area contributed by atoms with Crippen molar-refractivity contribution in [2.24, 2.45) is 0 Å². The number of carbonyl (C=O) groups is 1. The molecular formula is C16H19NO8. The maximum Gasteiger partial charge on any atom is 0.314 e. The van der Waals surface area contributed by atoms with Gasteiger partial charge in [-0.3, -0.25) is 4.79 Å². The largest absolute Gasteiger partial charge is 0.424 e. The highest BCUT2D eigenvalue weighted by molar-refractivity contribution is 5.88. The van der Waals surface area contributed by atoms with E-state index in [2.05, 4.69) is 4.98 Å². The SMILES string of the molecule is O=C(CC1(O)[C@H](O)[C@H](O)C(O)[C@H](O)[C@H]1O)Oc1c[nH]c2ccccc12. The lowest BCUT2D eigenvalue weighted by Gasteiger charge is -2.47. The Balaban J connectivity index is 1.79. The van der Waals surface area contributed by atoms with Crippen LogP contribution in [-0.2, 0) is 4.79 Å². The number of benzene rings is 1. The van der Waals surface area contributed by atoms with Crippen molar-refractivity contribution in [3.05, 3.63) is 30.5 Å². The van der Waals surface area contributed by atoms with E-state index < -0.39 is 48.5 Å². The third-order valence-corrected chi connectivity index (χ3v) is 4.57. The van der Waals surface area contributed by atoms with E-state index in [0.717, 1.165) is 5.52 Å². The molecule has 1 saturated carbocycles. The average molecular weight is 353 g/mol. The van der Waals surface area contributed by atoms with E-state index >= 15 is 0 Å². The van der Waals surface area contributed by atoms with Crippen LogP contribution in [0.2, 0.25) is 0 Å². The van der Waals surface area contributed by atoms with Crippen LogP contribution in [0.5, 0.6) is 5.75 Å². The monoisotopic (exact) mass is 353 g/mol. The van der Waals surface area contributed by atoms with Gasteiger partial charge in [0.1, 0.15) is 36.1 Å². The summed E-state index contributed by atoms with van der Waals surface area (Å²) in [7, 11) is 0. The van der Waals surface area contributed by atoms with Crippen LogP contribution in [0.1, 0.15) is 6.42 Å². The highest BCUT2D eigenvalue weighted by Crippen LogP contribution is 2.34. The van der Waals surface area contributed by atoms with Crippen LogP contribution in [0.15, 0.2) is 30.5 Å². The summed E-state index contributed by atoms with van der Waals surface area (Å²) in [5.74, 6) is -0.814. The summed E-state index contributed by atoms with van der Waals surface area (Å²) in [6.45, 7) is 0. The topological polar surface area (TPSA) is 163 Å². The van der Waals surface area contributed by atoms with Gasteiger partial charge >= 0.3 is 5.97 Å². The number of aliphatic hydroxyl groups excluding tert-OH is 5. The van der Waals surface area contributed by atoms with Gasteiger partial charge in [0.25, 0.3) is 0 Å². The third kappa shape index (κ3) is 2.91. The van der Waals surface area contributed by atoms with E-state index in [0.29, 0.717) is 5.39 Å². The first kappa shape index (κ1) is 17.8. The second kappa shape index (κ2) is 6.37. The molecule has 2 aromatic rings. The van der Waals surface area contributed by atoms with Crippen LogP contribution in [0.25, 0.3) is 10.9 Å². The van der Waals surface area contributed by atoms with Crippen molar-refractivity contribution >= 4 is 16.9 Å². The van der Waals surface area contributed by atoms with Gasteiger partial charge in [-0.2, -0.15) is 0 Å². The van der Waals surface area contributed by atoms with Gasteiger partial charge in [0, 0.05) is 17.1 Å². The molecule has 6 atom stereocenters. The van der Waals surface area contributed by atoms with Crippen molar-refractivity contribution in [3.63, 3.8) is 0 Å². The number of fused-ring (bicyclic) bond motifs is 1. The molecule has 7 N–H and O–H groups in total. The molecule has 9 heteroatoms. The van der Waals surface area contributed by atoms with Gasteiger partial charge < -0.3 is 40.4 Å². The van der Waals surface area contributed by atoms with Gasteiger partial charge in [0.2, 0.25) is 0 Å². The number of aromatic nitrogens is 1. The maximum atomic E-state index is 12.2. The molecule has 1 aliphatic carbocycles. The minimum absolute atomic E-state index is 0.185. The van der Waals surface area contributed by atoms with Crippen molar-refractivity contribution in [1.29, 1.82) is 0 Å². The molecule has 136 valence electrons. The predicted molar refractivity (Wildman–Crippen MR) is 83.5 cm³/mol. The zero-order valence-electron chi connectivity index (χ0n) is 13.0. The smallest absolute Gasteiger partial charge is 0.314 e. The van der Waals surface area contributed by atoms with Crippen molar-refractivity contribution in [3.8, 4) is 5.75 Å². The van der Waals surface area contributed by atoms with Crippen molar-refractivity contribution in [1.82, 2.24) is 4.98 Å². The molecule has 1 heterocycles. The molecular weight excluding hydrogens is 334 g/mol. The Morgan fingerprint density at radius 3 is 2.28 bits per heavy atom. The minimum Gasteiger partial charge on any atom is -0.424 e. The van der Waals surface area contributed by atoms with E-state index in [1.165, 1.54) is 6.20 Å². The highest BCUT2D eigenvalue weighted by Gasteiger charge is 2.58. The minimum atomic E-state index is -2.58. The van der Waals surface area contributed by atoms with Gasteiger partial charge in [-0.15, -0.1) is 0 Å². The van der Waals surface area contributed by atoms with Crippen LogP contribution in [0.4, 0.5) is 0 Å². The fourth-order valence-corrected chi connectivity index (χ4v) is 3.07. The number of H-pyrrole nitrogens is 1. The lowest BCUT2D eigenvalue weighted by atomic mass is 9.73. The van der Waals surface area contributed by atoms with Crippen LogP contribution in [0.3, 0.4) is 0 Å². The summed E-state index contributed by atoms with van der Waals surface area (Å²) in [6.07, 6.45) is -9.33. The molecule has 9 nitrogen and oxygen atoms in total. The first-order chi connectivity index (χ1) is 11.8. The van der Waals surface area contributed by atoms with Crippen LogP contribution < -0.4 is 4.74 Å². The average Bonchev–Trinajstić information content (AvgIpc) is 3.00. The highest BCUT2D eigenvalue weighted by atomic mass is 16.5. The summed E-state index contributed by atoms with van der Waals surface area (Å²) in [4.78, 5) is 15.1. The molecule has 0 saturated heterocycles. The molecule has 1 aromatic heterocycles. The van der Waals surface area contributed by atoms with Crippen molar-refractivity contribution in [2.45, 2.75) is 42.5 Å². The molecule has 25 heavy (non-hydrogen) atoms. The maximum absolute atomic E-state index is 12.2. The number of aromatic amines is 1. The van der Waals surface area contributed by atoms with Crippen LogP contribution in [0, 0.1) is 0 Å². The Hall–Kier alpha value is -2.01. The Morgan fingerprint density at radius 1 is 1.04 bits per heavy atom. The van der Waals surface area contributed by atoms with E-state index in [4.69, 9.17) is 4.74 Å². The molecule has 0 amide bonds. The molecule has 0 aliphatic heterocycles. The van der Waals surface area contributed by atoms with Crippen molar-refractivity contribution in [2.75, 3.05) is 0 Å². The molecule has 1 aliphatic rings. The van der Waals surface area contributed by atoms with Gasteiger partial charge in [-0.1, -0.05) is 12.1 Å². The van der Waals surface area contributed by atoms with E-state index in [1.807, 2.05) is 0 Å². The molecule has 2 unspecified atom stereocenters. The number of hydrogen-bond acceptors (Lipinski definition) is 8. The van der Waals surface area contributed by atoms with Gasteiger partial charge in [0.05, 0.1) is 6.42 Å². The summed E-state index contributed by atoms with van der Waals surface area (Å²) in [5.41, 5.74) is -1.86. The third-order valence-electron chi connectivity index (χ3n) is 4.57. The predicted octanol–water partition coefficient (Wildman–Crippen LogP) is -1.99. The number of aliphatic hydroxyl groups is 6. The standard InChI is InChI=1S/C16H19NO8/c18-10(25-9-6-17-8-4-2-1-3-7(8)9)5-16(24)14(22)12(20)11(19)13(21)15(16)23/h1-4,6,11-15,17,19-24H,5H2/t11?,12-,13+,14-,15-,16?/m1/s1. The Labute approximate surface area is 141 Å². The van der Waals surface area contributed by atoms with Crippen LogP contribution >= 0.6 is 0 Å². The molecule has 3 rings (SSSR count). The van der Waals surface area contributed by atoms with Gasteiger partial charge in [0.15, 0.2) is 5.75 Å². The second-order valence-corrected chi connectivity index (χ2v) is 6.20. The zero-order valence-corrected chi connectivity index (χ0v) is 13.0. The summed E-state index contributed by atoms with van der Waals surface area (Å²) in [5, 5.41) is 59.9. The summed E-state index contributed by atoms with van der Waals surface area (Å²) in [6, 6.07) is 7.00. The second-order valence-electron chi connectivity index (χ2n) is 6.20. The summed E-state index contributed by atoms with van der Waals surface area (Å²) >= 11 is 0. The van der Waals surface area contributed by atoms with Gasteiger partial charge in [-0.25, -0.2) is 0 Å². The lowest BCUT2D eigenvalue weighted by molar-refractivity contribution is -0.269. The summed E-state index contributed by atoms with van der Waals surface area (Å²) < 4.78 is 5.15. The number of ether oxygens (including phenoxy) is 1. The Morgan fingerprint density at radius 2 is 1.64 bits per heavy atom. The fourth-order valence-electron chi connectivity index (χ4n) is 3.07. The molecule has 1 fully saturated rings. The number of esters is 1. The zero-order chi connectivity index (χ0) is 18.4. The molecule has 1 aromatic carbocycles. The van der Waals surface area contributed by atoms with Crippen molar-refractivity contribution < 1.29 is 40.2 Å². The number of rotatable bonds is 3. The first-order valence-corrected chi connectivity index (χ1v) is 7.65.